The Kier molecular flexibility index (Phi) is 5.77. The number of hydrogen-bond acceptors (Lipinski definition) is 2. The average Bonchev–Trinajstić information content (AvgIpc) is 2.11. The van der Waals surface area contributed by atoms with Crippen molar-refractivity contribution in [2.24, 2.45) is 17.1 Å². The molecule has 0 amide bonds. The quantitative estimate of drug-likeness (QED) is 0.621. The van der Waals surface area contributed by atoms with Crippen molar-refractivity contribution in [3.8, 4) is 0 Å². The third-order valence-corrected chi connectivity index (χ3v) is 3.12. The van der Waals surface area contributed by atoms with Crippen LogP contribution in [0.25, 0.3) is 0 Å². The Hall–Kier alpha value is -0.570. The fraction of sp³-hybridized carbons (Fsp3) is 0.909. The van der Waals surface area contributed by atoms with Gasteiger partial charge < -0.3 is 10.8 Å². The fourth-order valence-corrected chi connectivity index (χ4v) is 1.76. The van der Waals surface area contributed by atoms with Gasteiger partial charge in [-0.2, -0.15) is 0 Å². The summed E-state index contributed by atoms with van der Waals surface area (Å²) in [7, 11) is 0. The van der Waals surface area contributed by atoms with E-state index in [0.717, 1.165) is 19.3 Å². The van der Waals surface area contributed by atoms with Crippen LogP contribution in [0.15, 0.2) is 0 Å². The average molecular weight is 201 g/mol. The molecule has 0 aliphatic heterocycles. The Morgan fingerprint density at radius 1 is 1.43 bits per heavy atom. The normalized spacial score (nSPS) is 15.5. The number of rotatable bonds is 7. The molecule has 1 unspecified atom stereocenters. The molecular weight excluding hydrogens is 178 g/mol. The summed E-state index contributed by atoms with van der Waals surface area (Å²) in [4.78, 5) is 11.2. The SMILES string of the molecule is CCCCCC(CN)(C(=O)O)C(C)C. The molecule has 14 heavy (non-hydrogen) atoms. The number of carboxylic acids is 1. The van der Waals surface area contributed by atoms with Crippen LogP contribution in [-0.4, -0.2) is 17.6 Å². The van der Waals surface area contributed by atoms with Crippen LogP contribution < -0.4 is 5.73 Å². The van der Waals surface area contributed by atoms with Crippen LogP contribution in [0, 0.1) is 11.3 Å². The van der Waals surface area contributed by atoms with Gasteiger partial charge in [-0.3, -0.25) is 4.79 Å². The maximum atomic E-state index is 11.2. The molecule has 0 rings (SSSR count). The third kappa shape index (κ3) is 2.98. The highest BCUT2D eigenvalue weighted by Gasteiger charge is 2.39. The van der Waals surface area contributed by atoms with Crippen LogP contribution in [-0.2, 0) is 4.79 Å². The van der Waals surface area contributed by atoms with Crippen LogP contribution in [0.2, 0.25) is 0 Å². The van der Waals surface area contributed by atoms with Crippen molar-refractivity contribution in [1.82, 2.24) is 0 Å². The van der Waals surface area contributed by atoms with E-state index in [0.29, 0.717) is 6.42 Å². The highest BCUT2D eigenvalue weighted by molar-refractivity contribution is 5.75. The van der Waals surface area contributed by atoms with E-state index in [-0.39, 0.29) is 12.5 Å². The van der Waals surface area contributed by atoms with Gasteiger partial charge in [0.2, 0.25) is 0 Å². The van der Waals surface area contributed by atoms with E-state index in [2.05, 4.69) is 6.92 Å². The molecule has 0 saturated heterocycles. The summed E-state index contributed by atoms with van der Waals surface area (Å²) in [6.45, 7) is 6.23. The zero-order valence-electron chi connectivity index (χ0n) is 9.55. The molecular formula is C11H23NO2. The Morgan fingerprint density at radius 2 is 2.00 bits per heavy atom. The molecule has 0 saturated carbocycles. The standard InChI is InChI=1S/C11H23NO2/c1-4-5-6-7-11(8-12,9(2)3)10(13)14/h9H,4-8,12H2,1-3H3,(H,13,14). The molecule has 0 aromatic heterocycles. The highest BCUT2D eigenvalue weighted by Crippen LogP contribution is 2.32. The summed E-state index contributed by atoms with van der Waals surface area (Å²) in [6.07, 6.45) is 3.85. The molecule has 0 bridgehead atoms. The largest absolute Gasteiger partial charge is 0.481 e. The van der Waals surface area contributed by atoms with E-state index in [9.17, 15) is 9.90 Å². The molecule has 0 aliphatic carbocycles. The molecule has 0 spiro atoms. The first-order chi connectivity index (χ1) is 6.51. The molecule has 0 radical (unpaired) electrons. The van der Waals surface area contributed by atoms with Crippen LogP contribution >= 0.6 is 0 Å². The second-order valence-electron chi connectivity index (χ2n) is 4.28. The molecule has 3 N–H and O–H groups in total. The van der Waals surface area contributed by atoms with Gasteiger partial charge >= 0.3 is 5.97 Å². The molecule has 0 fully saturated rings. The highest BCUT2D eigenvalue weighted by atomic mass is 16.4. The predicted molar refractivity (Wildman–Crippen MR) is 58.1 cm³/mol. The van der Waals surface area contributed by atoms with Gasteiger partial charge in [-0.15, -0.1) is 0 Å². The maximum absolute atomic E-state index is 11.2. The third-order valence-electron chi connectivity index (χ3n) is 3.12. The number of aliphatic carboxylic acids is 1. The predicted octanol–water partition coefficient (Wildman–Crippen LogP) is 2.25. The summed E-state index contributed by atoms with van der Waals surface area (Å²) in [6, 6.07) is 0. The van der Waals surface area contributed by atoms with Gasteiger partial charge in [0.05, 0.1) is 5.41 Å². The zero-order chi connectivity index (χ0) is 11.2. The van der Waals surface area contributed by atoms with Crippen molar-refractivity contribution in [3.63, 3.8) is 0 Å². The minimum atomic E-state index is -0.744. The smallest absolute Gasteiger partial charge is 0.311 e. The molecule has 84 valence electrons. The first-order valence-electron chi connectivity index (χ1n) is 5.44. The zero-order valence-corrected chi connectivity index (χ0v) is 9.55. The van der Waals surface area contributed by atoms with Crippen LogP contribution in [0.1, 0.15) is 46.5 Å². The van der Waals surface area contributed by atoms with Crippen molar-refractivity contribution >= 4 is 5.97 Å². The van der Waals surface area contributed by atoms with Gasteiger partial charge in [0.25, 0.3) is 0 Å². The first kappa shape index (κ1) is 13.4. The Morgan fingerprint density at radius 3 is 2.29 bits per heavy atom. The van der Waals surface area contributed by atoms with Gasteiger partial charge in [-0.25, -0.2) is 0 Å². The number of hydrogen-bond donors (Lipinski definition) is 2. The van der Waals surface area contributed by atoms with E-state index < -0.39 is 11.4 Å². The second kappa shape index (κ2) is 6.02. The Balaban J connectivity index is 4.43. The Bertz CT molecular complexity index is 180. The van der Waals surface area contributed by atoms with Gasteiger partial charge in [-0.05, 0) is 12.3 Å². The van der Waals surface area contributed by atoms with Crippen LogP contribution in [0.4, 0.5) is 0 Å². The molecule has 0 heterocycles. The van der Waals surface area contributed by atoms with Crippen LogP contribution in [0.5, 0.6) is 0 Å². The lowest BCUT2D eigenvalue weighted by molar-refractivity contribution is -0.151. The maximum Gasteiger partial charge on any atom is 0.311 e. The van der Waals surface area contributed by atoms with E-state index in [4.69, 9.17) is 5.73 Å². The summed E-state index contributed by atoms with van der Waals surface area (Å²) in [5.41, 5.74) is 4.90. The lowest BCUT2D eigenvalue weighted by Crippen LogP contribution is -2.43. The van der Waals surface area contributed by atoms with E-state index in [1.54, 1.807) is 0 Å². The van der Waals surface area contributed by atoms with Gasteiger partial charge in [0, 0.05) is 6.54 Å². The van der Waals surface area contributed by atoms with Crippen molar-refractivity contribution < 1.29 is 9.90 Å². The van der Waals surface area contributed by atoms with Crippen molar-refractivity contribution in [2.75, 3.05) is 6.54 Å². The molecule has 0 aliphatic rings. The van der Waals surface area contributed by atoms with Crippen molar-refractivity contribution in [3.05, 3.63) is 0 Å². The lowest BCUT2D eigenvalue weighted by atomic mass is 9.73. The lowest BCUT2D eigenvalue weighted by Gasteiger charge is -2.32. The van der Waals surface area contributed by atoms with Gasteiger partial charge in [0.15, 0.2) is 0 Å². The minimum absolute atomic E-state index is 0.0989. The van der Waals surface area contributed by atoms with Crippen molar-refractivity contribution in [2.45, 2.75) is 46.5 Å². The summed E-state index contributed by atoms with van der Waals surface area (Å²) >= 11 is 0. The van der Waals surface area contributed by atoms with Gasteiger partial charge in [0.1, 0.15) is 0 Å². The topological polar surface area (TPSA) is 63.3 Å². The first-order valence-corrected chi connectivity index (χ1v) is 5.44. The molecule has 1 atom stereocenters. The molecule has 3 heteroatoms. The monoisotopic (exact) mass is 201 g/mol. The molecule has 0 aromatic carbocycles. The molecule has 3 nitrogen and oxygen atoms in total. The minimum Gasteiger partial charge on any atom is -0.481 e. The summed E-state index contributed by atoms with van der Waals surface area (Å²) in [5.74, 6) is -0.645. The number of carboxylic acid groups (broad SMARTS) is 1. The Labute approximate surface area is 86.7 Å². The van der Waals surface area contributed by atoms with E-state index in [1.807, 2.05) is 13.8 Å². The van der Waals surface area contributed by atoms with E-state index in [1.165, 1.54) is 0 Å². The summed E-state index contributed by atoms with van der Waals surface area (Å²) in [5, 5.41) is 9.21. The number of unbranched alkanes of at least 4 members (excludes halogenated alkanes) is 2. The number of carbonyl (C=O) groups is 1. The van der Waals surface area contributed by atoms with Crippen LogP contribution in [0.3, 0.4) is 0 Å². The second-order valence-corrected chi connectivity index (χ2v) is 4.28. The molecule has 0 aromatic rings. The van der Waals surface area contributed by atoms with Crippen molar-refractivity contribution in [1.29, 1.82) is 0 Å². The van der Waals surface area contributed by atoms with Gasteiger partial charge in [-0.1, -0.05) is 40.0 Å². The summed E-state index contributed by atoms with van der Waals surface area (Å²) < 4.78 is 0. The van der Waals surface area contributed by atoms with E-state index >= 15 is 0 Å². The number of nitrogens with two attached hydrogens (primary N) is 1. The fourth-order valence-electron chi connectivity index (χ4n) is 1.76.